The number of unbranched alkanes of at least 4 members (excludes halogenated alkanes) is 7. The maximum Gasteiger partial charge on any atom is 0.302 e. The van der Waals surface area contributed by atoms with Gasteiger partial charge in [0, 0.05) is 17.1 Å². The van der Waals surface area contributed by atoms with Crippen LogP contribution < -0.4 is 0 Å². The maximum absolute atomic E-state index is 10.6. The summed E-state index contributed by atoms with van der Waals surface area (Å²) in [5.74, 6) is -0.169. The Morgan fingerprint density at radius 1 is 1.05 bits per heavy atom. The van der Waals surface area contributed by atoms with Gasteiger partial charge in [0.2, 0.25) is 0 Å². The molecule has 2 nitrogen and oxygen atoms in total. The molecule has 0 unspecified atom stereocenters. The third-order valence-corrected chi connectivity index (χ3v) is 5.48. The first-order valence-corrected chi connectivity index (χ1v) is 9.34. The van der Waals surface area contributed by atoms with Crippen molar-refractivity contribution in [2.45, 2.75) is 88.3 Å². The lowest BCUT2D eigenvalue weighted by atomic mass is 10.1. The van der Waals surface area contributed by atoms with Gasteiger partial charge in [0.05, 0.1) is 6.61 Å². The van der Waals surface area contributed by atoms with Crippen molar-refractivity contribution in [1.82, 2.24) is 0 Å². The van der Waals surface area contributed by atoms with Gasteiger partial charge in [0.25, 0.3) is 0 Å². The van der Waals surface area contributed by atoms with Gasteiger partial charge in [-0.1, -0.05) is 67.8 Å². The van der Waals surface area contributed by atoms with E-state index >= 15 is 0 Å². The highest BCUT2D eigenvalue weighted by Crippen LogP contribution is 2.21. The Morgan fingerprint density at radius 3 is 2.05 bits per heavy atom. The highest BCUT2D eigenvalue weighted by atomic mass is 79.9. The number of rotatable bonds is 13. The van der Waals surface area contributed by atoms with Crippen molar-refractivity contribution in [1.29, 1.82) is 0 Å². The minimum absolute atomic E-state index is 0.169. The summed E-state index contributed by atoms with van der Waals surface area (Å²) in [4.78, 5) is 11.0. The van der Waals surface area contributed by atoms with Crippen molar-refractivity contribution in [2.24, 2.45) is 0 Å². The van der Waals surface area contributed by atoms with E-state index in [2.05, 4.69) is 22.9 Å². The van der Waals surface area contributed by atoms with Gasteiger partial charge < -0.3 is 4.74 Å². The van der Waals surface area contributed by atoms with Crippen molar-refractivity contribution >= 4 is 33.5 Å². The molecule has 0 heterocycles. The van der Waals surface area contributed by atoms with E-state index in [4.69, 9.17) is 16.3 Å². The molecular weight excluding hydrogens is 340 g/mol. The molecule has 2 atom stereocenters. The Hall–Kier alpha value is 0.240. The summed E-state index contributed by atoms with van der Waals surface area (Å²) in [6, 6.07) is 0. The zero-order valence-electron chi connectivity index (χ0n) is 13.0. The van der Waals surface area contributed by atoms with Gasteiger partial charge in [-0.05, 0) is 19.3 Å². The Morgan fingerprint density at radius 2 is 1.55 bits per heavy atom. The van der Waals surface area contributed by atoms with Gasteiger partial charge in [0.15, 0.2) is 0 Å². The Balaban J connectivity index is 3.15. The Labute approximate surface area is 138 Å². The number of carbonyl (C=O) groups is 1. The van der Waals surface area contributed by atoms with Gasteiger partial charge in [-0.25, -0.2) is 0 Å². The summed E-state index contributed by atoms with van der Waals surface area (Å²) >= 11 is 9.84. The monoisotopic (exact) mass is 368 g/mol. The highest BCUT2D eigenvalue weighted by Gasteiger charge is 2.12. The number of halogens is 2. The van der Waals surface area contributed by atoms with Crippen LogP contribution >= 0.6 is 27.5 Å². The minimum atomic E-state index is -0.169. The van der Waals surface area contributed by atoms with Gasteiger partial charge in [-0.15, -0.1) is 11.6 Å². The average molecular weight is 370 g/mol. The fourth-order valence-electron chi connectivity index (χ4n) is 2.15. The van der Waals surface area contributed by atoms with Crippen LogP contribution in [0.4, 0.5) is 0 Å². The standard InChI is InChI=1S/C16H30BrClO2/c1-3-16(18)15(17)12-10-8-6-4-5-7-9-11-13-20-14(2)19/h15-16H,3-13H2,1-2H3/t15-,16-/m1/s1. The van der Waals surface area contributed by atoms with Gasteiger partial charge in [0.1, 0.15) is 0 Å². The predicted molar refractivity (Wildman–Crippen MR) is 90.8 cm³/mol. The third kappa shape index (κ3) is 13.2. The van der Waals surface area contributed by atoms with E-state index in [-0.39, 0.29) is 11.3 Å². The van der Waals surface area contributed by atoms with Crippen LogP contribution in [0.15, 0.2) is 0 Å². The third-order valence-electron chi connectivity index (χ3n) is 3.46. The van der Waals surface area contributed by atoms with Crippen LogP contribution in [-0.2, 0) is 9.53 Å². The highest BCUT2D eigenvalue weighted by molar-refractivity contribution is 9.09. The van der Waals surface area contributed by atoms with E-state index in [9.17, 15) is 4.79 Å². The van der Waals surface area contributed by atoms with E-state index in [1.807, 2.05) is 0 Å². The first kappa shape index (κ1) is 20.2. The molecule has 0 N–H and O–H groups in total. The molecule has 0 bridgehead atoms. The summed E-state index contributed by atoms with van der Waals surface area (Å²) in [7, 11) is 0. The first-order valence-electron chi connectivity index (χ1n) is 7.99. The number of carbonyl (C=O) groups excluding carboxylic acids is 1. The molecule has 0 spiro atoms. The number of ether oxygens (including phenoxy) is 1. The SMILES string of the molecule is CC[C@@H](Cl)[C@H](Br)CCCCCCCCCCOC(C)=O. The first-order chi connectivity index (χ1) is 9.57. The summed E-state index contributed by atoms with van der Waals surface area (Å²) in [6.45, 7) is 4.18. The number of hydrogen-bond donors (Lipinski definition) is 0. The van der Waals surface area contributed by atoms with Crippen LogP contribution in [0, 0.1) is 0 Å². The molecule has 0 rings (SSSR count). The van der Waals surface area contributed by atoms with Crippen LogP contribution in [0.1, 0.15) is 78.1 Å². The number of alkyl halides is 2. The fraction of sp³-hybridized carbons (Fsp3) is 0.938. The van der Waals surface area contributed by atoms with E-state index in [1.54, 1.807) is 0 Å². The molecular formula is C16H30BrClO2. The van der Waals surface area contributed by atoms with Crippen molar-refractivity contribution in [3.05, 3.63) is 0 Å². The molecule has 0 aliphatic heterocycles. The van der Waals surface area contributed by atoms with E-state index in [0.717, 1.165) is 12.8 Å². The van der Waals surface area contributed by atoms with Crippen molar-refractivity contribution in [2.75, 3.05) is 6.61 Å². The lowest BCUT2D eigenvalue weighted by Gasteiger charge is -2.14. The number of hydrogen-bond acceptors (Lipinski definition) is 2. The number of esters is 1. The van der Waals surface area contributed by atoms with Crippen LogP contribution in [-0.4, -0.2) is 22.8 Å². The molecule has 4 heteroatoms. The minimum Gasteiger partial charge on any atom is -0.466 e. The molecule has 0 fully saturated rings. The van der Waals surface area contributed by atoms with Gasteiger partial charge >= 0.3 is 5.97 Å². The summed E-state index contributed by atoms with van der Waals surface area (Å²) in [5, 5.41) is 0.271. The smallest absolute Gasteiger partial charge is 0.302 e. The molecule has 0 aromatic carbocycles. The Kier molecular flexibility index (Phi) is 14.4. The molecule has 0 saturated carbocycles. The van der Waals surface area contributed by atoms with E-state index < -0.39 is 0 Å². The molecule has 120 valence electrons. The molecule has 0 amide bonds. The second-order valence-electron chi connectivity index (χ2n) is 5.40. The zero-order valence-corrected chi connectivity index (χ0v) is 15.3. The van der Waals surface area contributed by atoms with Crippen LogP contribution in [0.3, 0.4) is 0 Å². The largest absolute Gasteiger partial charge is 0.466 e. The normalized spacial score (nSPS) is 14.0. The van der Waals surface area contributed by atoms with Crippen molar-refractivity contribution < 1.29 is 9.53 Å². The molecule has 0 aliphatic carbocycles. The molecule has 0 aromatic heterocycles. The van der Waals surface area contributed by atoms with Crippen LogP contribution in [0.25, 0.3) is 0 Å². The average Bonchev–Trinajstić information content (AvgIpc) is 2.43. The Bertz CT molecular complexity index is 237. The van der Waals surface area contributed by atoms with E-state index in [0.29, 0.717) is 11.4 Å². The lowest BCUT2D eigenvalue weighted by molar-refractivity contribution is -0.141. The van der Waals surface area contributed by atoms with Gasteiger partial charge in [-0.3, -0.25) is 4.79 Å². The topological polar surface area (TPSA) is 26.3 Å². The van der Waals surface area contributed by atoms with Crippen LogP contribution in [0.2, 0.25) is 0 Å². The second kappa shape index (κ2) is 14.2. The van der Waals surface area contributed by atoms with Gasteiger partial charge in [-0.2, -0.15) is 0 Å². The van der Waals surface area contributed by atoms with E-state index in [1.165, 1.54) is 58.3 Å². The fourth-order valence-corrected chi connectivity index (χ4v) is 2.98. The van der Waals surface area contributed by atoms with Crippen LogP contribution in [0.5, 0.6) is 0 Å². The maximum atomic E-state index is 10.6. The second-order valence-corrected chi connectivity index (χ2v) is 7.13. The van der Waals surface area contributed by atoms with Crippen molar-refractivity contribution in [3.63, 3.8) is 0 Å². The molecule has 0 radical (unpaired) electrons. The molecule has 20 heavy (non-hydrogen) atoms. The predicted octanol–water partition coefficient (Wildman–Crippen LogP) is 5.84. The summed E-state index contributed by atoms with van der Waals surface area (Å²) in [6.07, 6.45) is 12.2. The lowest BCUT2D eigenvalue weighted by Crippen LogP contribution is -2.12. The zero-order chi connectivity index (χ0) is 15.2. The van der Waals surface area contributed by atoms with Crippen molar-refractivity contribution in [3.8, 4) is 0 Å². The quantitative estimate of drug-likeness (QED) is 0.231. The molecule has 0 aromatic rings. The summed E-state index contributed by atoms with van der Waals surface area (Å²) < 4.78 is 4.90. The summed E-state index contributed by atoms with van der Waals surface area (Å²) in [5.41, 5.74) is 0. The molecule has 0 aliphatic rings. The molecule has 0 saturated heterocycles.